The van der Waals surface area contributed by atoms with Crippen LogP contribution in [0.2, 0.25) is 0 Å². The van der Waals surface area contributed by atoms with Gasteiger partial charge in [0.1, 0.15) is 4.90 Å². The highest BCUT2D eigenvalue weighted by atomic mass is 32.2. The topological polar surface area (TPSA) is 79.4 Å². The van der Waals surface area contributed by atoms with E-state index in [1.807, 2.05) is 18.2 Å². The molecule has 6 nitrogen and oxygen atoms in total. The smallest absolute Gasteiger partial charge is 0.245 e. The fourth-order valence-corrected chi connectivity index (χ4v) is 7.39. The van der Waals surface area contributed by atoms with Crippen molar-refractivity contribution in [3.63, 3.8) is 0 Å². The fraction of sp³-hybridized carbons (Fsp3) is 0.583. The molecule has 2 saturated carbocycles. The van der Waals surface area contributed by atoms with Gasteiger partial charge in [-0.2, -0.15) is 4.31 Å². The van der Waals surface area contributed by atoms with Gasteiger partial charge in [-0.3, -0.25) is 9.78 Å². The number of nitrogens with zero attached hydrogens (tertiary/aromatic N) is 2. The minimum atomic E-state index is -3.65. The second kappa shape index (κ2) is 8.17. The zero-order chi connectivity index (χ0) is 21.5. The molecule has 0 radical (unpaired) electrons. The molecule has 2 heterocycles. The van der Waals surface area contributed by atoms with Crippen LogP contribution in [0.1, 0.15) is 57.8 Å². The first-order chi connectivity index (χ1) is 15.0. The van der Waals surface area contributed by atoms with Crippen LogP contribution in [-0.4, -0.2) is 42.7 Å². The Bertz CT molecular complexity index is 1070. The number of hydrogen-bond donors (Lipinski definition) is 1. The van der Waals surface area contributed by atoms with Gasteiger partial charge >= 0.3 is 0 Å². The number of aromatic nitrogens is 1. The molecular weight excluding hydrogens is 410 g/mol. The maximum absolute atomic E-state index is 13.7. The molecule has 5 rings (SSSR count). The Morgan fingerprint density at radius 2 is 1.90 bits per heavy atom. The summed E-state index contributed by atoms with van der Waals surface area (Å²) in [7, 11) is -3.65. The summed E-state index contributed by atoms with van der Waals surface area (Å²) >= 11 is 0. The standard InChI is InChI=1S/C24H31N3O3S/c28-22(26-20-10-11-20)12-9-19-16-27(17-24(19)13-2-1-3-14-24)31(29,30)21-8-4-6-18-7-5-15-25-23(18)21/h4-8,15,19-20H,1-3,9-14,16-17H2,(H,26,28). The summed E-state index contributed by atoms with van der Waals surface area (Å²) in [5, 5.41) is 3.91. The molecule has 31 heavy (non-hydrogen) atoms. The van der Waals surface area contributed by atoms with Crippen LogP contribution in [0.5, 0.6) is 0 Å². The van der Waals surface area contributed by atoms with Crippen molar-refractivity contribution in [1.82, 2.24) is 14.6 Å². The minimum absolute atomic E-state index is 0.00317. The molecule has 1 aliphatic heterocycles. The third-order valence-electron chi connectivity index (χ3n) is 7.51. The fourth-order valence-electron chi connectivity index (χ4n) is 5.64. The van der Waals surface area contributed by atoms with Gasteiger partial charge in [0.15, 0.2) is 0 Å². The monoisotopic (exact) mass is 441 g/mol. The van der Waals surface area contributed by atoms with Crippen molar-refractivity contribution in [1.29, 1.82) is 0 Å². The number of pyridine rings is 1. The molecule has 7 heteroatoms. The van der Waals surface area contributed by atoms with Crippen molar-refractivity contribution in [3.05, 3.63) is 36.5 Å². The van der Waals surface area contributed by atoms with Crippen molar-refractivity contribution in [3.8, 4) is 0 Å². The minimum Gasteiger partial charge on any atom is -0.353 e. The maximum atomic E-state index is 13.7. The predicted molar refractivity (Wildman–Crippen MR) is 120 cm³/mol. The van der Waals surface area contributed by atoms with Crippen LogP contribution in [0.15, 0.2) is 41.4 Å². The maximum Gasteiger partial charge on any atom is 0.245 e. The van der Waals surface area contributed by atoms with Gasteiger partial charge in [0.2, 0.25) is 15.9 Å². The van der Waals surface area contributed by atoms with Crippen LogP contribution in [0, 0.1) is 11.3 Å². The number of fused-ring (bicyclic) bond motifs is 1. The van der Waals surface area contributed by atoms with Gasteiger partial charge < -0.3 is 5.32 Å². The van der Waals surface area contributed by atoms with E-state index >= 15 is 0 Å². The van der Waals surface area contributed by atoms with Crippen molar-refractivity contribution in [2.24, 2.45) is 11.3 Å². The number of hydrogen-bond acceptors (Lipinski definition) is 4. The molecule has 1 atom stereocenters. The molecule has 1 N–H and O–H groups in total. The Hall–Kier alpha value is -1.99. The number of rotatable bonds is 6. The van der Waals surface area contributed by atoms with Crippen LogP contribution >= 0.6 is 0 Å². The average Bonchev–Trinajstić information content (AvgIpc) is 3.52. The van der Waals surface area contributed by atoms with E-state index < -0.39 is 10.0 Å². The largest absolute Gasteiger partial charge is 0.353 e. The second-order valence-electron chi connectivity index (χ2n) is 9.63. The molecule has 3 fully saturated rings. The summed E-state index contributed by atoms with van der Waals surface area (Å²) in [5.74, 6) is 0.350. The molecule has 0 bridgehead atoms. The van der Waals surface area contributed by atoms with Crippen LogP contribution in [0.4, 0.5) is 0 Å². The summed E-state index contributed by atoms with van der Waals surface area (Å²) in [6.45, 7) is 1.07. The molecule has 1 spiro atoms. The van der Waals surface area contributed by atoms with E-state index in [2.05, 4.69) is 10.3 Å². The van der Waals surface area contributed by atoms with Gasteiger partial charge in [0.05, 0.1) is 5.52 Å². The third-order valence-corrected chi connectivity index (χ3v) is 9.35. The third kappa shape index (κ3) is 4.10. The molecule has 1 amide bonds. The van der Waals surface area contributed by atoms with E-state index in [4.69, 9.17) is 0 Å². The first-order valence-electron chi connectivity index (χ1n) is 11.6. The lowest BCUT2D eigenvalue weighted by Gasteiger charge is -2.38. The lowest BCUT2D eigenvalue weighted by Crippen LogP contribution is -2.35. The van der Waals surface area contributed by atoms with Crippen LogP contribution < -0.4 is 5.32 Å². The number of amides is 1. The summed E-state index contributed by atoms with van der Waals surface area (Å²) in [5.41, 5.74) is 0.540. The van der Waals surface area contributed by atoms with E-state index in [-0.39, 0.29) is 17.2 Å². The molecule has 1 aromatic heterocycles. The first-order valence-corrected chi connectivity index (χ1v) is 13.1. The van der Waals surface area contributed by atoms with Crippen LogP contribution in [-0.2, 0) is 14.8 Å². The van der Waals surface area contributed by atoms with E-state index in [9.17, 15) is 13.2 Å². The number of nitrogens with one attached hydrogen (secondary N) is 1. The Morgan fingerprint density at radius 1 is 1.13 bits per heavy atom. The average molecular weight is 442 g/mol. The van der Waals surface area contributed by atoms with E-state index in [0.29, 0.717) is 36.0 Å². The number of carbonyl (C=O) groups is 1. The summed E-state index contributed by atoms with van der Waals surface area (Å²) in [6.07, 6.45) is 10.7. The molecule has 1 unspecified atom stereocenters. The highest BCUT2D eigenvalue weighted by Crippen LogP contribution is 2.50. The van der Waals surface area contributed by atoms with Gasteiger partial charge in [-0.1, -0.05) is 37.5 Å². The highest BCUT2D eigenvalue weighted by Gasteiger charge is 2.50. The normalized spacial score (nSPS) is 23.9. The highest BCUT2D eigenvalue weighted by molar-refractivity contribution is 7.89. The quantitative estimate of drug-likeness (QED) is 0.738. The summed E-state index contributed by atoms with van der Waals surface area (Å²) in [6, 6.07) is 9.46. The van der Waals surface area contributed by atoms with Crippen molar-refractivity contribution < 1.29 is 13.2 Å². The predicted octanol–water partition coefficient (Wildman–Crippen LogP) is 3.86. The SMILES string of the molecule is O=C(CCC1CN(S(=O)(=O)c2cccc3cccnc23)CC12CCCCC2)NC1CC1. The van der Waals surface area contributed by atoms with E-state index in [1.165, 1.54) is 6.42 Å². The zero-order valence-electron chi connectivity index (χ0n) is 17.9. The molecule has 2 aromatic rings. The van der Waals surface area contributed by atoms with Crippen molar-refractivity contribution in [2.45, 2.75) is 68.7 Å². The van der Waals surface area contributed by atoms with E-state index in [1.54, 1.807) is 22.6 Å². The molecule has 2 aliphatic carbocycles. The molecule has 1 saturated heterocycles. The Morgan fingerprint density at radius 3 is 2.68 bits per heavy atom. The first kappa shape index (κ1) is 20.9. The second-order valence-corrected chi connectivity index (χ2v) is 11.5. The van der Waals surface area contributed by atoms with Gasteiger partial charge in [0, 0.05) is 37.1 Å². The Kier molecular flexibility index (Phi) is 5.51. The lowest BCUT2D eigenvalue weighted by molar-refractivity contribution is -0.121. The Balaban J connectivity index is 1.40. The van der Waals surface area contributed by atoms with E-state index in [0.717, 1.165) is 50.3 Å². The molecule has 166 valence electrons. The Labute approximate surface area is 184 Å². The zero-order valence-corrected chi connectivity index (χ0v) is 18.7. The molecular formula is C24H31N3O3S. The number of para-hydroxylation sites is 1. The number of benzene rings is 1. The van der Waals surface area contributed by atoms with Crippen molar-refractivity contribution >= 4 is 26.8 Å². The lowest BCUT2D eigenvalue weighted by atomic mass is 9.66. The summed E-state index contributed by atoms with van der Waals surface area (Å²) < 4.78 is 29.1. The van der Waals surface area contributed by atoms with Crippen LogP contribution in [0.25, 0.3) is 10.9 Å². The van der Waals surface area contributed by atoms with Gasteiger partial charge in [-0.15, -0.1) is 0 Å². The van der Waals surface area contributed by atoms with Gasteiger partial charge in [0.25, 0.3) is 0 Å². The van der Waals surface area contributed by atoms with Gasteiger partial charge in [-0.25, -0.2) is 8.42 Å². The number of sulfonamides is 1. The molecule has 3 aliphatic rings. The molecule has 1 aromatic carbocycles. The van der Waals surface area contributed by atoms with Crippen LogP contribution in [0.3, 0.4) is 0 Å². The van der Waals surface area contributed by atoms with Gasteiger partial charge in [-0.05, 0) is 55.6 Å². The number of carbonyl (C=O) groups excluding carboxylic acids is 1. The van der Waals surface area contributed by atoms with Crippen molar-refractivity contribution in [2.75, 3.05) is 13.1 Å². The summed E-state index contributed by atoms with van der Waals surface area (Å²) in [4.78, 5) is 17.0.